The highest BCUT2D eigenvalue weighted by molar-refractivity contribution is 6.42. The predicted octanol–water partition coefficient (Wildman–Crippen LogP) is 8.75. The van der Waals surface area contributed by atoms with Gasteiger partial charge in [0.1, 0.15) is 11.6 Å². The lowest BCUT2D eigenvalue weighted by molar-refractivity contribution is -0.116. The average Bonchev–Trinajstić information content (AvgIpc) is 3.14. The largest absolute Gasteiger partial charge is 0.497 e. The van der Waals surface area contributed by atoms with Crippen molar-refractivity contribution in [2.75, 3.05) is 22.6 Å². The standard InChI is InChI=1S/C33H26Cl2FN3O3/c1-42-24-12-9-19(10-13-24)21-16-28-31(30(40)17-21)32(20-5-4-6-22(36)15-20)39(29-8-3-2-7-27(29)38-28)33(41)37-23-11-14-25(34)26(35)18-23/h2-15,18,21,32,38H,16-17H2,1H3,(H,37,41)/t21-,32-/m1/s1. The van der Waals surface area contributed by atoms with Crippen molar-refractivity contribution >= 4 is 52.1 Å². The third-order valence-corrected chi connectivity index (χ3v) is 8.37. The number of fused-ring (bicyclic) bond motifs is 1. The normalized spacial score (nSPS) is 18.0. The van der Waals surface area contributed by atoms with Gasteiger partial charge in [-0.05, 0) is 78.1 Å². The summed E-state index contributed by atoms with van der Waals surface area (Å²) in [5.41, 5.74) is 4.20. The smallest absolute Gasteiger partial charge is 0.327 e. The molecule has 2 atom stereocenters. The first-order valence-corrected chi connectivity index (χ1v) is 14.1. The molecule has 0 saturated carbocycles. The second kappa shape index (κ2) is 11.5. The van der Waals surface area contributed by atoms with Crippen LogP contribution < -0.4 is 20.3 Å². The van der Waals surface area contributed by atoms with E-state index >= 15 is 0 Å². The summed E-state index contributed by atoms with van der Waals surface area (Å²) in [5.74, 6) is 0.0481. The predicted molar refractivity (Wildman–Crippen MR) is 164 cm³/mol. The molecule has 1 aliphatic carbocycles. The fraction of sp³-hybridized carbons (Fsp3) is 0.152. The number of benzene rings is 4. The van der Waals surface area contributed by atoms with Crippen molar-refractivity contribution < 1.29 is 18.7 Å². The van der Waals surface area contributed by atoms with E-state index < -0.39 is 17.9 Å². The number of nitrogens with zero attached hydrogens (tertiary/aromatic N) is 1. The molecule has 0 fully saturated rings. The van der Waals surface area contributed by atoms with Gasteiger partial charge in [-0.3, -0.25) is 9.69 Å². The average molecular weight is 602 g/mol. The van der Waals surface area contributed by atoms with Crippen LogP contribution in [0.25, 0.3) is 0 Å². The van der Waals surface area contributed by atoms with Gasteiger partial charge in [-0.25, -0.2) is 9.18 Å². The highest BCUT2D eigenvalue weighted by Gasteiger charge is 2.42. The van der Waals surface area contributed by atoms with Crippen molar-refractivity contribution in [2.24, 2.45) is 0 Å². The summed E-state index contributed by atoms with van der Waals surface area (Å²) >= 11 is 12.3. The van der Waals surface area contributed by atoms with Crippen LogP contribution in [0, 0.1) is 5.82 Å². The summed E-state index contributed by atoms with van der Waals surface area (Å²) in [5, 5.41) is 7.00. The number of hydrogen-bond acceptors (Lipinski definition) is 4. The Kier molecular flexibility index (Phi) is 7.62. The van der Waals surface area contributed by atoms with Gasteiger partial charge in [-0.1, -0.05) is 59.6 Å². The number of carbonyl (C=O) groups excluding carboxylic acids is 2. The Morgan fingerprint density at radius 3 is 2.45 bits per heavy atom. The highest BCUT2D eigenvalue weighted by atomic mass is 35.5. The minimum absolute atomic E-state index is 0.0911. The van der Waals surface area contributed by atoms with Crippen molar-refractivity contribution in [2.45, 2.75) is 24.8 Å². The number of ketones is 1. The third kappa shape index (κ3) is 5.33. The zero-order valence-electron chi connectivity index (χ0n) is 22.5. The molecular weight excluding hydrogens is 576 g/mol. The number of amides is 2. The number of hydrogen-bond donors (Lipinski definition) is 2. The van der Waals surface area contributed by atoms with Crippen LogP contribution in [0.3, 0.4) is 0 Å². The lowest BCUT2D eigenvalue weighted by Gasteiger charge is -2.35. The molecular formula is C33H26Cl2FN3O3. The second-order valence-electron chi connectivity index (χ2n) is 10.2. The maximum atomic E-state index is 14.7. The van der Waals surface area contributed by atoms with E-state index in [1.807, 2.05) is 42.5 Å². The molecule has 0 radical (unpaired) electrons. The number of para-hydroxylation sites is 2. The van der Waals surface area contributed by atoms with Gasteiger partial charge in [0.2, 0.25) is 0 Å². The molecule has 0 bridgehead atoms. The lowest BCUT2D eigenvalue weighted by Crippen LogP contribution is -2.41. The quantitative estimate of drug-likeness (QED) is 0.245. The van der Waals surface area contributed by atoms with Gasteiger partial charge in [0.05, 0.1) is 34.6 Å². The Labute approximate surface area is 252 Å². The fourth-order valence-electron chi connectivity index (χ4n) is 5.68. The van der Waals surface area contributed by atoms with Crippen molar-refractivity contribution in [3.05, 3.63) is 129 Å². The van der Waals surface area contributed by atoms with Crippen LogP contribution in [0.1, 0.15) is 35.9 Å². The Balaban J connectivity index is 1.49. The lowest BCUT2D eigenvalue weighted by atomic mass is 9.78. The topological polar surface area (TPSA) is 70.7 Å². The number of nitrogens with one attached hydrogen (secondary N) is 2. The number of allylic oxidation sites excluding steroid dienone is 1. The molecule has 9 heteroatoms. The van der Waals surface area contributed by atoms with Gasteiger partial charge in [0, 0.05) is 23.4 Å². The van der Waals surface area contributed by atoms with Gasteiger partial charge in [0.25, 0.3) is 0 Å². The minimum atomic E-state index is -0.904. The molecule has 212 valence electrons. The van der Waals surface area contributed by atoms with Crippen LogP contribution in [-0.4, -0.2) is 18.9 Å². The summed E-state index contributed by atoms with van der Waals surface area (Å²) in [6, 6.07) is 24.4. The molecule has 42 heavy (non-hydrogen) atoms. The summed E-state index contributed by atoms with van der Waals surface area (Å²) in [7, 11) is 1.61. The van der Waals surface area contributed by atoms with E-state index in [-0.39, 0.29) is 23.1 Å². The Hall–Kier alpha value is -4.33. The SMILES string of the molecule is COc1ccc([C@H]2CC(=O)C3=C(C2)Nc2ccccc2N(C(=O)Nc2ccc(Cl)c(Cl)c2)[C@@H]3c2cccc(F)c2)cc1. The van der Waals surface area contributed by atoms with Gasteiger partial charge >= 0.3 is 6.03 Å². The molecule has 4 aromatic carbocycles. The molecule has 1 heterocycles. The van der Waals surface area contributed by atoms with Crippen LogP contribution in [0.4, 0.5) is 26.2 Å². The number of urea groups is 1. The zero-order chi connectivity index (χ0) is 29.4. The first-order chi connectivity index (χ1) is 20.3. The van der Waals surface area contributed by atoms with E-state index in [9.17, 15) is 14.0 Å². The monoisotopic (exact) mass is 601 g/mol. The van der Waals surface area contributed by atoms with Crippen molar-refractivity contribution in [1.29, 1.82) is 0 Å². The van der Waals surface area contributed by atoms with Crippen LogP contribution in [0.2, 0.25) is 10.0 Å². The first kappa shape index (κ1) is 27.8. The van der Waals surface area contributed by atoms with E-state index in [1.54, 1.807) is 43.5 Å². The summed E-state index contributed by atoms with van der Waals surface area (Å²) in [6.07, 6.45) is 0.757. The second-order valence-corrected chi connectivity index (χ2v) is 11.0. The third-order valence-electron chi connectivity index (χ3n) is 7.63. The maximum absolute atomic E-state index is 14.7. The highest BCUT2D eigenvalue weighted by Crippen LogP contribution is 2.47. The number of halogens is 3. The Morgan fingerprint density at radius 1 is 0.929 bits per heavy atom. The van der Waals surface area contributed by atoms with Crippen molar-refractivity contribution in [3.63, 3.8) is 0 Å². The van der Waals surface area contributed by atoms with Gasteiger partial charge < -0.3 is 15.4 Å². The van der Waals surface area contributed by atoms with Crippen LogP contribution >= 0.6 is 23.2 Å². The summed E-state index contributed by atoms with van der Waals surface area (Å²) < 4.78 is 20.0. The molecule has 0 unspecified atom stereocenters. The number of methoxy groups -OCH3 is 1. The molecule has 0 spiro atoms. The molecule has 0 saturated heterocycles. The van der Waals surface area contributed by atoms with Crippen LogP contribution in [0.15, 0.2) is 102 Å². The first-order valence-electron chi connectivity index (χ1n) is 13.4. The molecule has 1 aliphatic heterocycles. The Morgan fingerprint density at radius 2 is 1.71 bits per heavy atom. The van der Waals surface area contributed by atoms with E-state index in [2.05, 4.69) is 10.6 Å². The number of ether oxygens (including phenoxy) is 1. The molecule has 2 N–H and O–H groups in total. The van der Waals surface area contributed by atoms with Gasteiger partial charge in [0.15, 0.2) is 5.78 Å². The van der Waals surface area contributed by atoms with Gasteiger partial charge in [-0.15, -0.1) is 0 Å². The molecule has 4 aromatic rings. The van der Waals surface area contributed by atoms with Crippen LogP contribution in [-0.2, 0) is 4.79 Å². The zero-order valence-corrected chi connectivity index (χ0v) is 24.0. The number of rotatable bonds is 4. The molecule has 0 aromatic heterocycles. The summed E-state index contributed by atoms with van der Waals surface area (Å²) in [4.78, 5) is 29.8. The van der Waals surface area contributed by atoms with Crippen molar-refractivity contribution in [1.82, 2.24) is 0 Å². The maximum Gasteiger partial charge on any atom is 0.327 e. The van der Waals surface area contributed by atoms with E-state index in [0.29, 0.717) is 45.3 Å². The summed E-state index contributed by atoms with van der Waals surface area (Å²) in [6.45, 7) is 0. The minimum Gasteiger partial charge on any atom is -0.497 e. The van der Waals surface area contributed by atoms with E-state index in [1.165, 1.54) is 17.0 Å². The van der Waals surface area contributed by atoms with Crippen LogP contribution in [0.5, 0.6) is 5.75 Å². The van der Waals surface area contributed by atoms with Gasteiger partial charge in [-0.2, -0.15) is 0 Å². The van der Waals surface area contributed by atoms with E-state index in [4.69, 9.17) is 27.9 Å². The molecule has 6 rings (SSSR count). The molecule has 2 amide bonds. The molecule has 6 nitrogen and oxygen atoms in total. The molecule has 2 aliphatic rings. The fourth-order valence-corrected chi connectivity index (χ4v) is 5.97. The van der Waals surface area contributed by atoms with Crippen molar-refractivity contribution in [3.8, 4) is 5.75 Å². The number of carbonyl (C=O) groups is 2. The van der Waals surface area contributed by atoms with E-state index in [0.717, 1.165) is 11.3 Å². The number of anilines is 3. The number of Topliss-reactive ketones (excluding diaryl/α,β-unsaturated/α-hetero) is 1. The Bertz CT molecular complexity index is 1720.